The molecule has 3 amide bonds. The van der Waals surface area contributed by atoms with E-state index in [1.54, 1.807) is 0 Å². The van der Waals surface area contributed by atoms with Crippen molar-refractivity contribution >= 4 is 31.3 Å². The molecular weight excluding hydrogens is 530 g/mol. The largest absolute Gasteiger partial charge is 0.379 e. The summed E-state index contributed by atoms with van der Waals surface area (Å²) in [4.78, 5) is 39.5. The lowest BCUT2D eigenvalue weighted by Gasteiger charge is -2.39. The van der Waals surface area contributed by atoms with Crippen LogP contribution in [0.3, 0.4) is 0 Å². The summed E-state index contributed by atoms with van der Waals surface area (Å²) in [6.07, 6.45) is -0.0795. The SMILES string of the molecule is BC1(O)c2c(NC(O)(O)c3cccc(C(O)(O)N4CCOCC4)c3F)cccc2C(=O)N1C1CCC(=O)NC1=O. The summed E-state index contributed by atoms with van der Waals surface area (Å²) in [7, 11) is 1.23. The van der Waals surface area contributed by atoms with Crippen molar-refractivity contribution in [3.63, 3.8) is 0 Å². The molecule has 212 valence electrons. The van der Waals surface area contributed by atoms with Gasteiger partial charge in [-0.05, 0) is 30.7 Å². The molecule has 3 aliphatic heterocycles. The quantitative estimate of drug-likeness (QED) is 0.112. The Morgan fingerprint density at radius 3 is 2.38 bits per heavy atom. The molecule has 2 aromatic rings. The summed E-state index contributed by atoms with van der Waals surface area (Å²) in [6.45, 7) is 0.537. The molecule has 2 unspecified atom stereocenters. The van der Waals surface area contributed by atoms with Gasteiger partial charge in [-0.25, -0.2) is 9.29 Å². The highest BCUT2D eigenvalue weighted by atomic mass is 19.1. The van der Waals surface area contributed by atoms with E-state index in [0.29, 0.717) is 0 Å². The number of halogens is 1. The zero-order chi connectivity index (χ0) is 29.0. The second-order valence-electron chi connectivity index (χ2n) is 10.1. The Morgan fingerprint density at radius 2 is 1.70 bits per heavy atom. The molecular formula is C25H28BFN4O9. The predicted octanol–water partition coefficient (Wildman–Crippen LogP) is -2.54. The molecule has 13 nitrogen and oxygen atoms in total. The van der Waals surface area contributed by atoms with E-state index >= 15 is 4.39 Å². The van der Waals surface area contributed by atoms with Crippen LogP contribution in [-0.2, 0) is 31.8 Å². The number of morpholine rings is 1. The third-order valence-electron chi connectivity index (χ3n) is 7.47. The number of aliphatic hydroxyl groups is 5. The first kappa shape index (κ1) is 28.1. The van der Waals surface area contributed by atoms with E-state index < -0.39 is 58.2 Å². The molecule has 0 radical (unpaired) electrons. The highest BCUT2D eigenvalue weighted by Crippen LogP contribution is 2.43. The van der Waals surface area contributed by atoms with Crippen LogP contribution in [0.25, 0.3) is 0 Å². The van der Waals surface area contributed by atoms with Crippen molar-refractivity contribution < 1.29 is 49.0 Å². The van der Waals surface area contributed by atoms with Crippen LogP contribution < -0.4 is 10.6 Å². The topological polar surface area (TPSA) is 192 Å². The molecule has 40 heavy (non-hydrogen) atoms. The van der Waals surface area contributed by atoms with Gasteiger partial charge in [-0.2, -0.15) is 0 Å². The highest BCUT2D eigenvalue weighted by Gasteiger charge is 2.52. The van der Waals surface area contributed by atoms with Crippen LogP contribution in [0.2, 0.25) is 0 Å². The zero-order valence-electron chi connectivity index (χ0n) is 21.4. The highest BCUT2D eigenvalue weighted by molar-refractivity contribution is 6.22. The van der Waals surface area contributed by atoms with Crippen molar-refractivity contribution in [2.75, 3.05) is 31.6 Å². The third-order valence-corrected chi connectivity index (χ3v) is 7.47. The normalized spacial score (nSPS) is 24.2. The van der Waals surface area contributed by atoms with Gasteiger partial charge in [0.15, 0.2) is 7.85 Å². The molecule has 0 saturated carbocycles. The van der Waals surface area contributed by atoms with E-state index in [4.69, 9.17) is 4.74 Å². The summed E-state index contributed by atoms with van der Waals surface area (Å²) in [5.41, 5.74) is -3.88. The molecule has 2 fully saturated rings. The van der Waals surface area contributed by atoms with E-state index in [2.05, 4.69) is 10.6 Å². The maximum absolute atomic E-state index is 15.7. The van der Waals surface area contributed by atoms with Gasteiger partial charge in [0.25, 0.3) is 17.7 Å². The number of rotatable bonds is 6. The molecule has 2 aromatic carbocycles. The second kappa shape index (κ2) is 9.88. The second-order valence-corrected chi connectivity index (χ2v) is 10.1. The van der Waals surface area contributed by atoms with Crippen molar-refractivity contribution in [3.8, 4) is 0 Å². The van der Waals surface area contributed by atoms with Crippen LogP contribution in [0, 0.1) is 5.82 Å². The number of benzene rings is 2. The minimum absolute atomic E-state index is 0.0293. The first-order valence-electron chi connectivity index (χ1n) is 12.6. The number of hydrogen-bond donors (Lipinski definition) is 7. The van der Waals surface area contributed by atoms with Gasteiger partial charge in [0, 0.05) is 36.3 Å². The fraction of sp³-hybridized carbons (Fsp3) is 0.400. The number of nitrogens with one attached hydrogen (secondary N) is 2. The molecule has 2 saturated heterocycles. The number of carbonyl (C=O) groups is 3. The first-order valence-corrected chi connectivity index (χ1v) is 12.6. The summed E-state index contributed by atoms with van der Waals surface area (Å²) < 4.78 is 20.9. The van der Waals surface area contributed by atoms with Crippen molar-refractivity contribution in [2.24, 2.45) is 0 Å². The molecule has 3 aliphatic rings. The van der Waals surface area contributed by atoms with Crippen LogP contribution >= 0.6 is 0 Å². The number of nitrogens with zero attached hydrogens (tertiary/aromatic N) is 2. The van der Waals surface area contributed by atoms with Crippen molar-refractivity contribution in [1.82, 2.24) is 15.1 Å². The zero-order valence-corrected chi connectivity index (χ0v) is 21.4. The lowest BCUT2D eigenvalue weighted by molar-refractivity contribution is -0.288. The lowest BCUT2D eigenvalue weighted by atomic mass is 9.81. The number of piperidine rings is 1. The number of hydrogen-bond acceptors (Lipinski definition) is 11. The lowest BCUT2D eigenvalue weighted by Crippen LogP contribution is -2.59. The first-order chi connectivity index (χ1) is 18.8. The summed E-state index contributed by atoms with van der Waals surface area (Å²) in [5.74, 6) is -9.28. The Labute approximate surface area is 228 Å². The summed E-state index contributed by atoms with van der Waals surface area (Å²) >= 11 is 0. The van der Waals surface area contributed by atoms with Gasteiger partial charge in [0.05, 0.1) is 24.3 Å². The van der Waals surface area contributed by atoms with Crippen LogP contribution in [0.4, 0.5) is 10.1 Å². The molecule has 0 aromatic heterocycles. The fourth-order valence-electron chi connectivity index (χ4n) is 5.53. The van der Waals surface area contributed by atoms with Gasteiger partial charge >= 0.3 is 0 Å². The number of carbonyl (C=O) groups excluding carboxylic acids is 3. The number of imide groups is 1. The van der Waals surface area contributed by atoms with Crippen LogP contribution in [-0.4, -0.2) is 93.2 Å². The van der Waals surface area contributed by atoms with Gasteiger partial charge in [-0.15, -0.1) is 0 Å². The van der Waals surface area contributed by atoms with E-state index in [9.17, 15) is 39.9 Å². The molecule has 7 N–H and O–H groups in total. The van der Waals surface area contributed by atoms with Crippen molar-refractivity contribution in [3.05, 3.63) is 64.5 Å². The maximum Gasteiger partial charge on any atom is 0.275 e. The Kier molecular flexibility index (Phi) is 6.95. The van der Waals surface area contributed by atoms with E-state index in [0.717, 1.165) is 17.0 Å². The molecule has 2 atom stereocenters. The monoisotopic (exact) mass is 558 g/mol. The molecule has 0 bridgehead atoms. The molecule has 0 aliphatic carbocycles. The average molecular weight is 558 g/mol. The van der Waals surface area contributed by atoms with Gasteiger partial charge in [-0.1, -0.05) is 12.1 Å². The Bertz CT molecular complexity index is 1380. The fourth-order valence-corrected chi connectivity index (χ4v) is 5.53. The number of ether oxygens (including phenoxy) is 1. The average Bonchev–Trinajstić information content (AvgIpc) is 3.10. The standard InChI is InChI=1S/C25H28BFN4O9/c26-23(35)19-13(22(34)31(23)17-7-8-18(32)28-21(17)33)3-1-6-16(19)29-24(36,37)14-4-2-5-15(20(14)27)25(38,39)30-9-11-40-12-10-30/h1-6,17,29,35-39H,7-12,26H2,(H,28,32,33). The minimum Gasteiger partial charge on any atom is -0.379 e. The van der Waals surface area contributed by atoms with Crippen molar-refractivity contribution in [2.45, 2.75) is 36.3 Å². The van der Waals surface area contributed by atoms with Gasteiger partial charge < -0.3 is 40.5 Å². The van der Waals surface area contributed by atoms with Gasteiger partial charge in [0.1, 0.15) is 17.5 Å². The van der Waals surface area contributed by atoms with Gasteiger partial charge in [0.2, 0.25) is 11.8 Å². The summed E-state index contributed by atoms with van der Waals surface area (Å²) in [5, 5.41) is 59.5. The molecule has 15 heteroatoms. The number of amides is 3. The maximum atomic E-state index is 15.7. The van der Waals surface area contributed by atoms with E-state index in [1.807, 2.05) is 0 Å². The smallest absolute Gasteiger partial charge is 0.275 e. The van der Waals surface area contributed by atoms with Crippen LogP contribution in [0.15, 0.2) is 36.4 Å². The minimum atomic E-state index is -3.17. The number of anilines is 1. The molecule has 3 heterocycles. The third kappa shape index (κ3) is 4.54. The number of fused-ring (bicyclic) bond motifs is 1. The van der Waals surface area contributed by atoms with Crippen LogP contribution in [0.1, 0.15) is 39.9 Å². The molecule has 5 rings (SSSR count). The summed E-state index contributed by atoms with van der Waals surface area (Å²) in [6, 6.07) is 6.21. The Balaban J connectivity index is 1.49. The molecule has 0 spiro atoms. The van der Waals surface area contributed by atoms with Gasteiger partial charge in [-0.3, -0.25) is 19.7 Å². The predicted molar refractivity (Wildman–Crippen MR) is 136 cm³/mol. The van der Waals surface area contributed by atoms with E-state index in [1.165, 1.54) is 37.0 Å². The van der Waals surface area contributed by atoms with Crippen LogP contribution in [0.5, 0.6) is 0 Å². The van der Waals surface area contributed by atoms with E-state index in [-0.39, 0.29) is 56.0 Å². The van der Waals surface area contributed by atoms with Crippen molar-refractivity contribution in [1.29, 1.82) is 0 Å². The Morgan fingerprint density at radius 1 is 1.05 bits per heavy atom. The Hall–Kier alpha value is -3.44.